The Balaban J connectivity index is 1.20. The van der Waals surface area contributed by atoms with Crippen molar-refractivity contribution in [1.82, 2.24) is 18.7 Å². The standard InChI is InChI=1S/C53H34N4/c1-3-16-35(17-4-1)46-33-39(34-47(54-46)36-18-5-2-6-19-36)57-51-29-14-10-25-43(51)45-31-30-44-42-24-9-13-28-50(42)56(52(44)53(45)57)38-21-15-20-37(32-38)55-48-26-11-7-22-40(48)41-23-8-12-27-49(41)55/h1-34H. The van der Waals surface area contributed by atoms with E-state index in [0.29, 0.717) is 0 Å². The van der Waals surface area contributed by atoms with E-state index in [2.05, 4.69) is 220 Å². The van der Waals surface area contributed by atoms with Crippen LogP contribution in [-0.4, -0.2) is 18.7 Å². The second-order valence-corrected chi connectivity index (χ2v) is 14.8. The molecule has 0 unspecified atom stereocenters. The fourth-order valence-corrected chi connectivity index (χ4v) is 9.17. The van der Waals surface area contributed by atoms with E-state index in [1.54, 1.807) is 0 Å². The maximum absolute atomic E-state index is 5.26. The molecule has 4 aromatic heterocycles. The molecule has 0 atom stereocenters. The maximum Gasteiger partial charge on any atom is 0.0788 e. The summed E-state index contributed by atoms with van der Waals surface area (Å²) in [5, 5.41) is 7.36. The molecule has 0 saturated heterocycles. The van der Waals surface area contributed by atoms with Gasteiger partial charge in [0.2, 0.25) is 0 Å². The van der Waals surface area contributed by atoms with Crippen LogP contribution in [0.3, 0.4) is 0 Å². The van der Waals surface area contributed by atoms with Crippen molar-refractivity contribution in [2.24, 2.45) is 0 Å². The zero-order chi connectivity index (χ0) is 37.5. The first-order chi connectivity index (χ1) is 28.3. The minimum atomic E-state index is 0.935. The molecule has 0 N–H and O–H groups in total. The van der Waals surface area contributed by atoms with Gasteiger partial charge in [-0.05, 0) is 54.6 Å². The van der Waals surface area contributed by atoms with E-state index in [4.69, 9.17) is 4.98 Å². The summed E-state index contributed by atoms with van der Waals surface area (Å²) < 4.78 is 7.36. The Hall–Kier alpha value is -7.69. The van der Waals surface area contributed by atoms with Gasteiger partial charge in [0.1, 0.15) is 0 Å². The highest BCUT2D eigenvalue weighted by atomic mass is 15.1. The summed E-state index contributed by atoms with van der Waals surface area (Å²) in [5.41, 5.74) is 14.4. The number of benzene rings is 8. The van der Waals surface area contributed by atoms with Crippen molar-refractivity contribution in [3.8, 4) is 39.6 Å². The fraction of sp³-hybridized carbons (Fsp3) is 0. The van der Waals surface area contributed by atoms with Crippen LogP contribution in [0.15, 0.2) is 206 Å². The Labute approximate surface area is 328 Å². The van der Waals surface area contributed by atoms with Gasteiger partial charge >= 0.3 is 0 Å². The average molecular weight is 727 g/mol. The summed E-state index contributed by atoms with van der Waals surface area (Å²) in [5.74, 6) is 0. The number of rotatable bonds is 5. The minimum Gasteiger partial charge on any atom is -0.309 e. The first-order valence-electron chi connectivity index (χ1n) is 19.5. The highest BCUT2D eigenvalue weighted by Crippen LogP contribution is 2.43. The Morgan fingerprint density at radius 3 is 1.11 bits per heavy atom. The summed E-state index contributed by atoms with van der Waals surface area (Å²) in [6.07, 6.45) is 0. The second-order valence-electron chi connectivity index (χ2n) is 14.8. The zero-order valence-corrected chi connectivity index (χ0v) is 30.9. The molecule has 0 fully saturated rings. The Kier molecular flexibility index (Phi) is 6.89. The summed E-state index contributed by atoms with van der Waals surface area (Å²) >= 11 is 0. The van der Waals surface area contributed by atoms with Gasteiger partial charge in [0, 0.05) is 54.8 Å². The molecule has 0 aliphatic heterocycles. The molecular weight excluding hydrogens is 693 g/mol. The summed E-state index contributed by atoms with van der Waals surface area (Å²) in [4.78, 5) is 5.26. The highest BCUT2D eigenvalue weighted by Gasteiger charge is 2.23. The van der Waals surface area contributed by atoms with E-state index in [0.717, 1.165) is 50.6 Å². The van der Waals surface area contributed by atoms with E-state index in [1.165, 1.54) is 54.4 Å². The SMILES string of the molecule is c1ccc(-c2cc(-n3c4ccccc4c4ccc5c6ccccc6n(-c6cccc(-n7c8ccccc8c8ccccc87)c6)c5c43)cc(-c3ccccc3)n2)cc1. The number of nitrogens with zero attached hydrogens (tertiary/aromatic N) is 4. The Bertz CT molecular complexity index is 3400. The van der Waals surface area contributed by atoms with Gasteiger partial charge in [-0.25, -0.2) is 4.98 Å². The molecule has 0 aliphatic rings. The Morgan fingerprint density at radius 2 is 0.632 bits per heavy atom. The lowest BCUT2D eigenvalue weighted by molar-refractivity contribution is 1.12. The van der Waals surface area contributed by atoms with Gasteiger partial charge in [-0.1, -0.05) is 152 Å². The van der Waals surface area contributed by atoms with Gasteiger partial charge in [-0.15, -0.1) is 0 Å². The van der Waals surface area contributed by atoms with Gasteiger partial charge in [0.25, 0.3) is 0 Å². The molecule has 0 radical (unpaired) electrons. The molecule has 0 bridgehead atoms. The van der Waals surface area contributed by atoms with Crippen LogP contribution in [0, 0.1) is 0 Å². The number of hydrogen-bond acceptors (Lipinski definition) is 1. The van der Waals surface area contributed by atoms with Crippen LogP contribution in [0.25, 0.3) is 105 Å². The first-order valence-corrected chi connectivity index (χ1v) is 19.5. The molecule has 266 valence electrons. The lowest BCUT2D eigenvalue weighted by Crippen LogP contribution is -2.01. The Morgan fingerprint density at radius 1 is 0.263 bits per heavy atom. The molecule has 0 aliphatic carbocycles. The van der Waals surface area contributed by atoms with Crippen molar-refractivity contribution >= 4 is 65.4 Å². The molecule has 0 spiro atoms. The van der Waals surface area contributed by atoms with Crippen molar-refractivity contribution < 1.29 is 0 Å². The average Bonchev–Trinajstić information content (AvgIpc) is 3.93. The lowest BCUT2D eigenvalue weighted by atomic mass is 10.1. The van der Waals surface area contributed by atoms with Crippen molar-refractivity contribution in [2.75, 3.05) is 0 Å². The molecule has 4 heterocycles. The predicted octanol–water partition coefficient (Wildman–Crippen LogP) is 13.7. The summed E-state index contributed by atoms with van der Waals surface area (Å²) in [6, 6.07) is 74.3. The van der Waals surface area contributed by atoms with Gasteiger partial charge < -0.3 is 13.7 Å². The van der Waals surface area contributed by atoms with Crippen LogP contribution < -0.4 is 0 Å². The van der Waals surface area contributed by atoms with Crippen LogP contribution in [0.2, 0.25) is 0 Å². The number of fused-ring (bicyclic) bond motifs is 10. The van der Waals surface area contributed by atoms with Crippen molar-refractivity contribution in [1.29, 1.82) is 0 Å². The van der Waals surface area contributed by atoms with Crippen LogP contribution >= 0.6 is 0 Å². The van der Waals surface area contributed by atoms with Crippen LogP contribution in [0.4, 0.5) is 0 Å². The number of aromatic nitrogens is 4. The molecule has 4 nitrogen and oxygen atoms in total. The lowest BCUT2D eigenvalue weighted by Gasteiger charge is -2.16. The van der Waals surface area contributed by atoms with E-state index in [1.807, 2.05) is 0 Å². The topological polar surface area (TPSA) is 27.7 Å². The van der Waals surface area contributed by atoms with E-state index < -0.39 is 0 Å². The third-order valence-electron chi connectivity index (χ3n) is 11.6. The van der Waals surface area contributed by atoms with E-state index in [9.17, 15) is 0 Å². The van der Waals surface area contributed by atoms with Crippen molar-refractivity contribution in [3.05, 3.63) is 206 Å². The molecule has 12 rings (SSSR count). The van der Waals surface area contributed by atoms with Crippen LogP contribution in [0.1, 0.15) is 0 Å². The first kappa shape index (κ1) is 31.6. The molecule has 57 heavy (non-hydrogen) atoms. The number of pyridine rings is 1. The highest BCUT2D eigenvalue weighted by molar-refractivity contribution is 6.24. The van der Waals surface area contributed by atoms with Gasteiger partial charge in [0.15, 0.2) is 0 Å². The molecule has 12 aromatic rings. The molecule has 8 aromatic carbocycles. The van der Waals surface area contributed by atoms with Crippen molar-refractivity contribution in [2.45, 2.75) is 0 Å². The van der Waals surface area contributed by atoms with Gasteiger partial charge in [-0.2, -0.15) is 0 Å². The van der Waals surface area contributed by atoms with E-state index >= 15 is 0 Å². The fourth-order valence-electron chi connectivity index (χ4n) is 9.17. The summed E-state index contributed by atoms with van der Waals surface area (Å²) in [6.45, 7) is 0. The molecule has 0 amide bonds. The van der Waals surface area contributed by atoms with E-state index in [-0.39, 0.29) is 0 Å². The van der Waals surface area contributed by atoms with Gasteiger partial charge in [0.05, 0.1) is 50.2 Å². The second kappa shape index (κ2) is 12.4. The smallest absolute Gasteiger partial charge is 0.0788 e. The third kappa shape index (κ3) is 4.77. The maximum atomic E-state index is 5.26. The zero-order valence-electron chi connectivity index (χ0n) is 30.9. The largest absolute Gasteiger partial charge is 0.309 e. The monoisotopic (exact) mass is 726 g/mol. The number of para-hydroxylation sites is 4. The molecule has 4 heteroatoms. The third-order valence-corrected chi connectivity index (χ3v) is 11.6. The quantitative estimate of drug-likeness (QED) is 0.174. The predicted molar refractivity (Wildman–Crippen MR) is 238 cm³/mol. The van der Waals surface area contributed by atoms with Crippen molar-refractivity contribution in [3.63, 3.8) is 0 Å². The normalized spacial score (nSPS) is 11.9. The van der Waals surface area contributed by atoms with Crippen LogP contribution in [0.5, 0.6) is 0 Å². The van der Waals surface area contributed by atoms with Crippen LogP contribution in [-0.2, 0) is 0 Å². The summed E-state index contributed by atoms with van der Waals surface area (Å²) in [7, 11) is 0. The molecule has 0 saturated carbocycles. The van der Waals surface area contributed by atoms with Gasteiger partial charge in [-0.3, -0.25) is 0 Å². The molecular formula is C53H34N4. The minimum absolute atomic E-state index is 0.935. The number of hydrogen-bond donors (Lipinski definition) is 0.